The van der Waals surface area contributed by atoms with E-state index in [1.807, 2.05) is 24.3 Å². The molecule has 2 N–H and O–H groups in total. The fourth-order valence-corrected chi connectivity index (χ4v) is 2.87. The highest BCUT2D eigenvalue weighted by atomic mass is 127. The number of sulfone groups is 1. The van der Waals surface area contributed by atoms with E-state index in [9.17, 15) is 13.2 Å². The number of carbonyl (C=O) groups is 1. The van der Waals surface area contributed by atoms with Crippen molar-refractivity contribution in [2.45, 2.75) is 12.8 Å². The van der Waals surface area contributed by atoms with E-state index in [1.165, 1.54) is 6.26 Å². The zero-order valence-corrected chi connectivity index (χ0v) is 18.9. The SMILES string of the molecule is CN=C(NCCCS(C)(=O)=O)NCCc1cccc(C(=O)N(C)C)c1.I. The van der Waals surface area contributed by atoms with Crippen molar-refractivity contribution >= 4 is 45.7 Å². The summed E-state index contributed by atoms with van der Waals surface area (Å²) in [6, 6.07) is 7.56. The summed E-state index contributed by atoms with van der Waals surface area (Å²) in [4.78, 5) is 17.6. The highest BCUT2D eigenvalue weighted by Gasteiger charge is 2.08. The molecule has 0 bridgehead atoms. The van der Waals surface area contributed by atoms with Gasteiger partial charge >= 0.3 is 0 Å². The number of nitrogens with one attached hydrogen (secondary N) is 2. The van der Waals surface area contributed by atoms with Gasteiger partial charge in [0.15, 0.2) is 5.96 Å². The Morgan fingerprint density at radius 3 is 2.42 bits per heavy atom. The Labute approximate surface area is 173 Å². The van der Waals surface area contributed by atoms with E-state index in [0.29, 0.717) is 31.0 Å². The fourth-order valence-electron chi connectivity index (χ4n) is 2.21. The summed E-state index contributed by atoms with van der Waals surface area (Å²) in [5.74, 6) is 0.774. The molecule has 26 heavy (non-hydrogen) atoms. The highest BCUT2D eigenvalue weighted by molar-refractivity contribution is 14.0. The molecule has 0 aliphatic carbocycles. The van der Waals surface area contributed by atoms with Crippen LogP contribution in [0.1, 0.15) is 22.3 Å². The monoisotopic (exact) mass is 496 g/mol. The summed E-state index contributed by atoms with van der Waals surface area (Å²) in [5, 5.41) is 6.27. The molecule has 9 heteroatoms. The van der Waals surface area contributed by atoms with E-state index < -0.39 is 9.84 Å². The first-order valence-corrected chi connectivity index (χ1v) is 10.2. The van der Waals surface area contributed by atoms with Crippen LogP contribution in [0.2, 0.25) is 0 Å². The van der Waals surface area contributed by atoms with Gasteiger partial charge in [0.05, 0.1) is 5.75 Å². The predicted molar refractivity (Wildman–Crippen MR) is 117 cm³/mol. The van der Waals surface area contributed by atoms with Crippen LogP contribution in [-0.2, 0) is 16.3 Å². The summed E-state index contributed by atoms with van der Waals surface area (Å²) < 4.78 is 22.2. The number of benzene rings is 1. The van der Waals surface area contributed by atoms with E-state index in [1.54, 1.807) is 26.0 Å². The maximum Gasteiger partial charge on any atom is 0.253 e. The first kappa shape index (κ1) is 24.6. The number of carbonyl (C=O) groups excluding carboxylic acids is 1. The lowest BCUT2D eigenvalue weighted by atomic mass is 10.1. The van der Waals surface area contributed by atoms with Crippen LogP contribution in [0, 0.1) is 0 Å². The standard InChI is InChI=1S/C17H28N4O3S.HI/c1-18-17(19-10-6-12-25(4,23)24)20-11-9-14-7-5-8-15(13-14)16(22)21(2)3;/h5,7-8,13H,6,9-12H2,1-4H3,(H2,18,19,20);1H. The van der Waals surface area contributed by atoms with Crippen LogP contribution in [-0.4, -0.2) is 71.4 Å². The molecule has 0 radical (unpaired) electrons. The lowest BCUT2D eigenvalue weighted by Crippen LogP contribution is -2.39. The number of aliphatic imine (C=N–C) groups is 1. The third-order valence-corrected chi connectivity index (χ3v) is 4.52. The van der Waals surface area contributed by atoms with Gasteiger partial charge in [0.1, 0.15) is 9.84 Å². The molecule has 1 aromatic carbocycles. The van der Waals surface area contributed by atoms with Crippen molar-refractivity contribution in [3.63, 3.8) is 0 Å². The molecule has 0 heterocycles. The summed E-state index contributed by atoms with van der Waals surface area (Å²) in [7, 11) is 2.20. The summed E-state index contributed by atoms with van der Waals surface area (Å²) in [6.45, 7) is 1.20. The number of rotatable bonds is 8. The Bertz CT molecular complexity index is 706. The van der Waals surface area contributed by atoms with Crippen molar-refractivity contribution in [1.29, 1.82) is 0 Å². The lowest BCUT2D eigenvalue weighted by Gasteiger charge is -2.13. The molecule has 0 fully saturated rings. The van der Waals surface area contributed by atoms with E-state index >= 15 is 0 Å². The Morgan fingerprint density at radius 1 is 1.19 bits per heavy atom. The van der Waals surface area contributed by atoms with Crippen molar-refractivity contribution in [3.8, 4) is 0 Å². The Kier molecular flexibility index (Phi) is 11.5. The van der Waals surface area contributed by atoms with Crippen molar-refractivity contribution in [3.05, 3.63) is 35.4 Å². The van der Waals surface area contributed by atoms with E-state index in [2.05, 4.69) is 15.6 Å². The number of guanidine groups is 1. The average Bonchev–Trinajstić information content (AvgIpc) is 2.55. The van der Waals surface area contributed by atoms with Crippen molar-refractivity contribution in [2.75, 3.05) is 46.2 Å². The summed E-state index contributed by atoms with van der Waals surface area (Å²) in [5.41, 5.74) is 1.73. The fraction of sp³-hybridized carbons (Fsp3) is 0.529. The number of hydrogen-bond acceptors (Lipinski definition) is 4. The highest BCUT2D eigenvalue weighted by Crippen LogP contribution is 2.07. The van der Waals surface area contributed by atoms with Gasteiger partial charge < -0.3 is 15.5 Å². The average molecular weight is 496 g/mol. The second-order valence-electron chi connectivity index (χ2n) is 6.06. The first-order valence-electron chi connectivity index (χ1n) is 8.16. The topological polar surface area (TPSA) is 90.9 Å². The molecule has 7 nitrogen and oxygen atoms in total. The third kappa shape index (κ3) is 9.95. The molecular weight excluding hydrogens is 467 g/mol. The molecule has 148 valence electrons. The first-order chi connectivity index (χ1) is 11.7. The Morgan fingerprint density at radius 2 is 1.85 bits per heavy atom. The molecule has 0 atom stereocenters. The smallest absolute Gasteiger partial charge is 0.253 e. The summed E-state index contributed by atoms with van der Waals surface area (Å²) in [6.07, 6.45) is 2.52. The largest absolute Gasteiger partial charge is 0.356 e. The molecule has 1 rings (SSSR count). The second kappa shape index (κ2) is 12.1. The van der Waals surface area contributed by atoms with Crippen LogP contribution in [0.3, 0.4) is 0 Å². The van der Waals surface area contributed by atoms with Crippen LogP contribution in [0.15, 0.2) is 29.3 Å². The quantitative estimate of drug-likeness (QED) is 0.244. The molecule has 1 amide bonds. The predicted octanol–water partition coefficient (Wildman–Crippen LogP) is 1.15. The molecule has 0 unspecified atom stereocenters. The van der Waals surface area contributed by atoms with Crippen LogP contribution in [0.25, 0.3) is 0 Å². The van der Waals surface area contributed by atoms with Crippen molar-refractivity contribution in [1.82, 2.24) is 15.5 Å². The lowest BCUT2D eigenvalue weighted by molar-refractivity contribution is 0.0827. The van der Waals surface area contributed by atoms with E-state index in [0.717, 1.165) is 12.0 Å². The number of amides is 1. The molecular formula is C17H29IN4O3S. The van der Waals surface area contributed by atoms with Gasteiger partial charge in [0.2, 0.25) is 0 Å². The van der Waals surface area contributed by atoms with Crippen LogP contribution >= 0.6 is 24.0 Å². The maximum atomic E-state index is 12.0. The minimum Gasteiger partial charge on any atom is -0.356 e. The minimum absolute atomic E-state index is 0. The van der Waals surface area contributed by atoms with Crippen LogP contribution in [0.4, 0.5) is 0 Å². The van der Waals surface area contributed by atoms with Crippen LogP contribution < -0.4 is 10.6 Å². The zero-order valence-electron chi connectivity index (χ0n) is 15.8. The van der Waals surface area contributed by atoms with E-state index in [4.69, 9.17) is 0 Å². The normalized spacial score (nSPS) is 11.5. The van der Waals surface area contributed by atoms with Gasteiger partial charge in [0.25, 0.3) is 5.91 Å². The minimum atomic E-state index is -2.93. The Hall–Kier alpha value is -1.36. The summed E-state index contributed by atoms with van der Waals surface area (Å²) >= 11 is 0. The number of hydrogen-bond donors (Lipinski definition) is 2. The molecule has 0 aliphatic rings. The van der Waals surface area contributed by atoms with Gasteiger partial charge in [0, 0.05) is 46.1 Å². The number of halogens is 1. The second-order valence-corrected chi connectivity index (χ2v) is 8.32. The van der Waals surface area contributed by atoms with Gasteiger partial charge in [-0.3, -0.25) is 9.79 Å². The van der Waals surface area contributed by atoms with Crippen LogP contribution in [0.5, 0.6) is 0 Å². The van der Waals surface area contributed by atoms with Gasteiger partial charge in [-0.1, -0.05) is 12.1 Å². The maximum absolute atomic E-state index is 12.0. The Balaban J connectivity index is 0.00000625. The zero-order chi connectivity index (χ0) is 18.9. The van der Waals surface area contributed by atoms with E-state index in [-0.39, 0.29) is 35.6 Å². The molecule has 1 aromatic rings. The van der Waals surface area contributed by atoms with Crippen molar-refractivity contribution in [2.24, 2.45) is 4.99 Å². The number of nitrogens with zero attached hydrogens (tertiary/aromatic N) is 2. The molecule has 0 aliphatic heterocycles. The van der Waals surface area contributed by atoms with Gasteiger partial charge in [-0.05, 0) is 30.5 Å². The van der Waals surface area contributed by atoms with Crippen molar-refractivity contribution < 1.29 is 13.2 Å². The third-order valence-electron chi connectivity index (χ3n) is 3.49. The molecule has 0 saturated carbocycles. The molecule has 0 spiro atoms. The van der Waals surface area contributed by atoms with Gasteiger partial charge in [-0.15, -0.1) is 24.0 Å². The van der Waals surface area contributed by atoms with Gasteiger partial charge in [-0.25, -0.2) is 8.42 Å². The molecule has 0 aromatic heterocycles. The van der Waals surface area contributed by atoms with Gasteiger partial charge in [-0.2, -0.15) is 0 Å². The molecule has 0 saturated heterocycles.